The number of allylic oxidation sites excluding steroid dienone is 2. The Morgan fingerprint density at radius 3 is 2.09 bits per heavy atom. The van der Waals surface area contributed by atoms with Crippen molar-refractivity contribution in [2.75, 3.05) is 0 Å². The van der Waals surface area contributed by atoms with Crippen molar-refractivity contribution in [3.63, 3.8) is 0 Å². The maximum atomic E-state index is 14.6. The van der Waals surface area contributed by atoms with E-state index in [1.54, 1.807) is 0 Å². The molecular weight excluding hydrogens is 596 g/mol. The van der Waals surface area contributed by atoms with Crippen molar-refractivity contribution in [1.29, 1.82) is 0 Å². The highest BCUT2D eigenvalue weighted by Crippen LogP contribution is 2.75. The predicted octanol–water partition coefficient (Wildman–Crippen LogP) is 7.73. The van der Waals surface area contributed by atoms with E-state index in [9.17, 15) is 34.2 Å². The van der Waals surface area contributed by atoms with E-state index in [1.807, 2.05) is 13.0 Å². The van der Waals surface area contributed by atoms with Crippen LogP contribution in [0.2, 0.25) is 0 Å². The topological polar surface area (TPSA) is 135 Å². The molecule has 260 valence electrons. The van der Waals surface area contributed by atoms with E-state index < -0.39 is 34.8 Å². The van der Waals surface area contributed by atoms with Crippen molar-refractivity contribution in [2.24, 2.45) is 50.2 Å². The molecule has 0 spiro atoms. The lowest BCUT2D eigenvalue weighted by molar-refractivity contribution is -0.209. The molecule has 0 aromatic heterocycles. The molecule has 0 aromatic rings. The highest BCUT2D eigenvalue weighted by molar-refractivity contribution is 5.99. The SMILES string of the molecule is CC(=O)CC/C(C(=O)O)=C(\C)C(=O)O[C@H]1CC[C@@]2(C)C(CC[C@]3(C)C2C(=O)C=C2[C@@H]4C[C@@](C)(C(=O)O)CC[C@]4(C)CC[C@]23C)C1(C)C. The van der Waals surface area contributed by atoms with Gasteiger partial charge >= 0.3 is 17.9 Å². The molecule has 4 saturated carbocycles. The Morgan fingerprint density at radius 2 is 1.49 bits per heavy atom. The standard InChI is InChI=1S/C39H56O8/c1-22(40)10-11-24(31(42)43)23(2)32(44)47-29-13-14-37(7)28(34(29,3)4)12-15-39(9)30(37)27(41)20-25-26-21-36(6,33(45)46)17-16-35(26,5)18-19-38(25,39)8/h20,26,28-30H,10-19,21H2,1-9H3,(H,42,43)(H,45,46)/b24-23-/t26-,28?,29-,30?,35+,36-,37-,38+,39+/m0/s1. The Kier molecular flexibility index (Phi) is 8.62. The second kappa shape index (κ2) is 11.4. The molecule has 0 aromatic carbocycles. The van der Waals surface area contributed by atoms with E-state index in [0.29, 0.717) is 25.7 Å². The summed E-state index contributed by atoms with van der Waals surface area (Å²) in [5.74, 6) is -2.64. The monoisotopic (exact) mass is 652 g/mol. The van der Waals surface area contributed by atoms with Crippen molar-refractivity contribution in [1.82, 2.24) is 0 Å². The molecule has 0 amide bonds. The maximum Gasteiger partial charge on any atom is 0.334 e. The molecule has 0 radical (unpaired) electrons. The fraction of sp³-hybridized carbons (Fsp3) is 0.769. The van der Waals surface area contributed by atoms with Crippen LogP contribution in [-0.2, 0) is 28.7 Å². The van der Waals surface area contributed by atoms with Gasteiger partial charge in [0, 0.05) is 28.9 Å². The fourth-order valence-corrected chi connectivity index (χ4v) is 11.7. The van der Waals surface area contributed by atoms with Crippen LogP contribution >= 0.6 is 0 Å². The Bertz CT molecular complexity index is 1470. The summed E-state index contributed by atoms with van der Waals surface area (Å²) in [5, 5.41) is 19.9. The van der Waals surface area contributed by atoms with Gasteiger partial charge in [-0.2, -0.15) is 0 Å². The third-order valence-electron chi connectivity index (χ3n) is 15.0. The lowest BCUT2D eigenvalue weighted by Crippen LogP contribution is -2.66. The second-order valence-electron chi connectivity index (χ2n) is 17.9. The molecule has 2 unspecified atom stereocenters. The highest BCUT2D eigenvalue weighted by atomic mass is 16.5. The molecule has 0 aliphatic heterocycles. The molecule has 0 saturated heterocycles. The summed E-state index contributed by atoms with van der Waals surface area (Å²) in [6.07, 6.45) is 8.66. The Hall–Kier alpha value is -2.77. The second-order valence-corrected chi connectivity index (χ2v) is 17.9. The van der Waals surface area contributed by atoms with Gasteiger partial charge < -0.3 is 19.7 Å². The molecule has 8 nitrogen and oxygen atoms in total. The Morgan fingerprint density at radius 1 is 0.851 bits per heavy atom. The largest absolute Gasteiger partial charge is 0.481 e. The zero-order valence-corrected chi connectivity index (χ0v) is 30.0. The summed E-state index contributed by atoms with van der Waals surface area (Å²) >= 11 is 0. The maximum absolute atomic E-state index is 14.6. The number of carboxylic acids is 2. The molecule has 8 heteroatoms. The molecule has 4 fully saturated rings. The summed E-state index contributed by atoms with van der Waals surface area (Å²) < 4.78 is 6.11. The van der Waals surface area contributed by atoms with Gasteiger partial charge in [0.05, 0.1) is 5.41 Å². The Balaban J connectivity index is 1.46. The van der Waals surface area contributed by atoms with E-state index in [2.05, 4.69) is 41.5 Å². The lowest BCUT2D eigenvalue weighted by atomic mass is 9.33. The normalized spacial score (nSPS) is 42.7. The number of rotatable bonds is 7. The van der Waals surface area contributed by atoms with Crippen LogP contribution in [0.3, 0.4) is 0 Å². The first-order chi connectivity index (χ1) is 21.6. The van der Waals surface area contributed by atoms with E-state index in [1.165, 1.54) is 19.4 Å². The van der Waals surface area contributed by atoms with Crippen LogP contribution in [0, 0.1) is 50.2 Å². The van der Waals surface area contributed by atoms with Gasteiger partial charge in [0.25, 0.3) is 0 Å². The molecule has 47 heavy (non-hydrogen) atoms. The van der Waals surface area contributed by atoms with E-state index >= 15 is 0 Å². The van der Waals surface area contributed by atoms with Gasteiger partial charge in [-0.25, -0.2) is 9.59 Å². The van der Waals surface area contributed by atoms with Gasteiger partial charge in [-0.05, 0) is 125 Å². The predicted molar refractivity (Wildman–Crippen MR) is 177 cm³/mol. The molecule has 5 aliphatic rings. The molecule has 0 heterocycles. The summed E-state index contributed by atoms with van der Waals surface area (Å²) in [7, 11) is 0. The lowest BCUT2D eigenvalue weighted by Gasteiger charge is -2.70. The van der Waals surface area contributed by atoms with Gasteiger partial charge in [0.1, 0.15) is 11.9 Å². The van der Waals surface area contributed by atoms with Crippen LogP contribution in [0.5, 0.6) is 0 Å². The summed E-state index contributed by atoms with van der Waals surface area (Å²) in [6, 6.07) is 0. The number of ketones is 2. The minimum atomic E-state index is -1.22. The number of ether oxygens (including phenoxy) is 1. The van der Waals surface area contributed by atoms with Gasteiger partial charge in [-0.15, -0.1) is 0 Å². The number of esters is 1. The highest BCUT2D eigenvalue weighted by Gasteiger charge is 2.70. The van der Waals surface area contributed by atoms with Gasteiger partial charge in [-0.1, -0.05) is 47.1 Å². The van der Waals surface area contributed by atoms with Crippen molar-refractivity contribution < 1.29 is 38.9 Å². The first-order valence-electron chi connectivity index (χ1n) is 17.7. The third-order valence-corrected chi connectivity index (χ3v) is 15.0. The average molecular weight is 653 g/mol. The quantitative estimate of drug-likeness (QED) is 0.211. The van der Waals surface area contributed by atoms with Crippen LogP contribution in [0.25, 0.3) is 0 Å². The van der Waals surface area contributed by atoms with Crippen LogP contribution in [0.1, 0.15) is 133 Å². The first kappa shape index (κ1) is 35.5. The smallest absolute Gasteiger partial charge is 0.334 e. The number of fused-ring (bicyclic) bond motifs is 7. The van der Waals surface area contributed by atoms with Crippen LogP contribution in [0.15, 0.2) is 22.8 Å². The number of aliphatic carboxylic acids is 2. The minimum Gasteiger partial charge on any atom is -0.481 e. The van der Waals surface area contributed by atoms with Crippen molar-refractivity contribution in [2.45, 2.75) is 139 Å². The number of hydrogen-bond acceptors (Lipinski definition) is 6. The van der Waals surface area contributed by atoms with Crippen molar-refractivity contribution in [3.8, 4) is 0 Å². The van der Waals surface area contributed by atoms with Crippen molar-refractivity contribution in [3.05, 3.63) is 22.8 Å². The molecule has 2 N–H and O–H groups in total. The van der Waals surface area contributed by atoms with Crippen LogP contribution in [-0.4, -0.2) is 45.8 Å². The fourth-order valence-electron chi connectivity index (χ4n) is 11.7. The Labute approximate surface area is 280 Å². The van der Waals surface area contributed by atoms with Gasteiger partial charge in [0.15, 0.2) is 5.78 Å². The number of carbonyl (C=O) groups is 5. The summed E-state index contributed by atoms with van der Waals surface area (Å²) in [4.78, 5) is 63.8. The molecule has 5 rings (SSSR count). The first-order valence-corrected chi connectivity index (χ1v) is 17.7. The number of carbonyl (C=O) groups excluding carboxylic acids is 3. The average Bonchev–Trinajstić information content (AvgIpc) is 2.96. The van der Waals surface area contributed by atoms with E-state index in [-0.39, 0.29) is 75.0 Å². The van der Waals surface area contributed by atoms with Gasteiger partial charge in [0.2, 0.25) is 0 Å². The number of hydrogen-bond donors (Lipinski definition) is 2. The molecule has 9 atom stereocenters. The number of Topliss-reactive ketones (excluding diaryl/α,β-unsaturated/α-hetero) is 1. The van der Waals surface area contributed by atoms with E-state index in [0.717, 1.165) is 32.1 Å². The summed E-state index contributed by atoms with van der Waals surface area (Å²) in [5.41, 5.74) is -0.976. The molecule has 0 bridgehead atoms. The minimum absolute atomic E-state index is 0.00599. The molecular formula is C39H56O8. The zero-order valence-electron chi connectivity index (χ0n) is 30.0. The number of carboxylic acid groups (broad SMARTS) is 2. The van der Waals surface area contributed by atoms with Crippen LogP contribution in [0.4, 0.5) is 0 Å². The van der Waals surface area contributed by atoms with E-state index in [4.69, 9.17) is 4.74 Å². The third kappa shape index (κ3) is 5.26. The van der Waals surface area contributed by atoms with Crippen LogP contribution < -0.4 is 0 Å². The van der Waals surface area contributed by atoms with Gasteiger partial charge in [-0.3, -0.25) is 9.59 Å². The molecule has 5 aliphatic carbocycles. The summed E-state index contributed by atoms with van der Waals surface area (Å²) in [6.45, 7) is 18.2. The van der Waals surface area contributed by atoms with Crippen molar-refractivity contribution >= 4 is 29.5 Å². The zero-order chi connectivity index (χ0) is 35.1.